The van der Waals surface area contributed by atoms with Crippen molar-refractivity contribution in [3.63, 3.8) is 0 Å². The molecule has 0 amide bonds. The number of phenols is 1. The van der Waals surface area contributed by atoms with Crippen LogP contribution in [0, 0.1) is 0 Å². The van der Waals surface area contributed by atoms with Gasteiger partial charge < -0.3 is 24.1 Å². The first-order chi connectivity index (χ1) is 13.5. The summed E-state index contributed by atoms with van der Waals surface area (Å²) in [6.07, 6.45) is 2.70. The Balaban J connectivity index is 2.13. The zero-order valence-electron chi connectivity index (χ0n) is 17.1. The first kappa shape index (κ1) is 18.7. The van der Waals surface area contributed by atoms with E-state index in [1.54, 1.807) is 21.3 Å². The second-order valence-electron chi connectivity index (χ2n) is 7.34. The molecule has 0 saturated heterocycles. The smallest absolute Gasteiger partial charge is 0.203 e. The van der Waals surface area contributed by atoms with E-state index in [-0.39, 0.29) is 11.8 Å². The molecule has 150 valence electrons. The molecule has 2 aromatic rings. The summed E-state index contributed by atoms with van der Waals surface area (Å²) >= 11 is 0. The van der Waals surface area contributed by atoms with Crippen molar-refractivity contribution in [2.75, 3.05) is 42.0 Å². The van der Waals surface area contributed by atoms with Crippen LogP contribution < -0.4 is 18.9 Å². The first-order valence-electron chi connectivity index (χ1n) is 9.50. The van der Waals surface area contributed by atoms with Crippen molar-refractivity contribution < 1.29 is 24.1 Å². The largest absolute Gasteiger partial charge is 0.504 e. The molecular formula is C22H27NO5. The molecule has 2 aromatic carbocycles. The van der Waals surface area contributed by atoms with Gasteiger partial charge in [-0.1, -0.05) is 0 Å². The normalized spacial score (nSPS) is 18.0. The average molecular weight is 385 g/mol. The number of likely N-dealkylation sites (N-methyl/N-ethyl adjacent to an activating group) is 1. The van der Waals surface area contributed by atoms with Gasteiger partial charge in [-0.25, -0.2) is 0 Å². The molecule has 0 radical (unpaired) electrons. The number of hydrogen-bond acceptors (Lipinski definition) is 6. The number of ether oxygens (including phenoxy) is 4. The van der Waals surface area contributed by atoms with Crippen LogP contribution in [-0.4, -0.2) is 52.0 Å². The number of aryl methyl sites for hydroxylation is 1. The lowest BCUT2D eigenvalue weighted by Crippen LogP contribution is -2.32. The first-order valence-corrected chi connectivity index (χ1v) is 9.50. The molecule has 0 fully saturated rings. The Bertz CT molecular complexity index is 924. The van der Waals surface area contributed by atoms with Gasteiger partial charge in [-0.2, -0.15) is 0 Å². The summed E-state index contributed by atoms with van der Waals surface area (Å²) < 4.78 is 22.4. The van der Waals surface area contributed by atoms with Gasteiger partial charge in [0.25, 0.3) is 0 Å². The molecule has 1 aliphatic carbocycles. The van der Waals surface area contributed by atoms with Crippen LogP contribution in [0.5, 0.6) is 28.7 Å². The van der Waals surface area contributed by atoms with Crippen molar-refractivity contribution in [2.24, 2.45) is 0 Å². The van der Waals surface area contributed by atoms with Crippen molar-refractivity contribution in [2.45, 2.75) is 25.3 Å². The third-order valence-corrected chi connectivity index (χ3v) is 6.06. The standard InChI is InChI=1S/C22H27NO5/c1-23-9-8-13-11-15(25-2)21(27-4)19-17(13)14(23)7-6-12-10-16(26-3)22(28-5)20(24)18(12)19/h10-11,14,24H,6-9H2,1-5H3/t14-/m1/s1. The highest BCUT2D eigenvalue weighted by atomic mass is 16.5. The van der Waals surface area contributed by atoms with Crippen molar-refractivity contribution in [1.29, 1.82) is 0 Å². The van der Waals surface area contributed by atoms with Gasteiger partial charge in [-0.3, -0.25) is 4.90 Å². The molecule has 0 unspecified atom stereocenters. The van der Waals surface area contributed by atoms with Crippen LogP contribution in [0.3, 0.4) is 0 Å². The molecule has 0 saturated carbocycles. The van der Waals surface area contributed by atoms with Crippen LogP contribution in [-0.2, 0) is 12.8 Å². The molecule has 0 aromatic heterocycles. The predicted octanol–water partition coefficient (Wildman–Crippen LogP) is 3.57. The number of fused-ring (bicyclic) bond motifs is 2. The number of benzene rings is 2. The monoisotopic (exact) mass is 385 g/mol. The maximum Gasteiger partial charge on any atom is 0.203 e. The quantitative estimate of drug-likeness (QED) is 0.868. The molecule has 1 heterocycles. The Kier molecular flexibility index (Phi) is 4.75. The zero-order valence-corrected chi connectivity index (χ0v) is 17.1. The van der Waals surface area contributed by atoms with Crippen LogP contribution in [0.2, 0.25) is 0 Å². The summed E-state index contributed by atoms with van der Waals surface area (Å²) in [5.74, 6) is 2.28. The lowest BCUT2D eigenvalue weighted by atomic mass is 9.85. The summed E-state index contributed by atoms with van der Waals surface area (Å²) in [5.41, 5.74) is 5.14. The Morgan fingerprint density at radius 1 is 0.857 bits per heavy atom. The zero-order chi connectivity index (χ0) is 20.0. The highest BCUT2D eigenvalue weighted by Crippen LogP contribution is 2.56. The minimum absolute atomic E-state index is 0.0829. The molecule has 1 aliphatic heterocycles. The summed E-state index contributed by atoms with van der Waals surface area (Å²) in [6.45, 7) is 0.988. The summed E-state index contributed by atoms with van der Waals surface area (Å²) in [7, 11) is 8.57. The third-order valence-electron chi connectivity index (χ3n) is 6.06. The van der Waals surface area contributed by atoms with Gasteiger partial charge in [0, 0.05) is 23.7 Å². The number of phenolic OH excluding ortho intramolecular Hbond substituents is 1. The number of methoxy groups -OCH3 is 4. The lowest BCUT2D eigenvalue weighted by Gasteiger charge is -2.36. The molecular weight excluding hydrogens is 358 g/mol. The molecule has 28 heavy (non-hydrogen) atoms. The lowest BCUT2D eigenvalue weighted by molar-refractivity contribution is 0.220. The summed E-state index contributed by atoms with van der Waals surface area (Å²) in [4.78, 5) is 2.38. The minimum Gasteiger partial charge on any atom is -0.504 e. The SMILES string of the molecule is COc1cc2c(c(O)c1OC)-c1c(OC)c(OC)cc3c1[C@@H](CC2)N(C)CC3. The van der Waals surface area contributed by atoms with Gasteiger partial charge in [0.05, 0.1) is 28.4 Å². The molecule has 0 bridgehead atoms. The highest BCUT2D eigenvalue weighted by molar-refractivity contribution is 5.88. The predicted molar refractivity (Wildman–Crippen MR) is 107 cm³/mol. The summed E-state index contributed by atoms with van der Waals surface area (Å²) in [6, 6.07) is 4.30. The number of nitrogens with zero attached hydrogens (tertiary/aromatic N) is 1. The Morgan fingerprint density at radius 2 is 1.50 bits per heavy atom. The fourth-order valence-electron chi connectivity index (χ4n) is 4.73. The fraction of sp³-hybridized carbons (Fsp3) is 0.455. The van der Waals surface area contributed by atoms with Crippen LogP contribution in [0.15, 0.2) is 12.1 Å². The Hall–Kier alpha value is -2.60. The van der Waals surface area contributed by atoms with Gasteiger partial charge in [0.2, 0.25) is 5.75 Å². The third kappa shape index (κ3) is 2.58. The van der Waals surface area contributed by atoms with Crippen LogP contribution in [0.1, 0.15) is 29.2 Å². The maximum absolute atomic E-state index is 11.2. The average Bonchev–Trinajstić information content (AvgIpc) is 2.88. The Labute approximate surface area is 165 Å². The molecule has 1 atom stereocenters. The van der Waals surface area contributed by atoms with Gasteiger partial charge in [0.15, 0.2) is 23.0 Å². The summed E-state index contributed by atoms with van der Waals surface area (Å²) in [5, 5.41) is 11.2. The van der Waals surface area contributed by atoms with Crippen molar-refractivity contribution in [3.05, 3.63) is 28.8 Å². The number of aromatic hydroxyl groups is 1. The van der Waals surface area contributed by atoms with Gasteiger partial charge in [-0.15, -0.1) is 0 Å². The van der Waals surface area contributed by atoms with E-state index in [0.29, 0.717) is 23.0 Å². The Morgan fingerprint density at radius 3 is 2.14 bits per heavy atom. The number of rotatable bonds is 4. The molecule has 4 rings (SSSR count). The van der Waals surface area contributed by atoms with Crippen LogP contribution in [0.4, 0.5) is 0 Å². The van der Waals surface area contributed by atoms with Gasteiger partial charge in [0.1, 0.15) is 0 Å². The van der Waals surface area contributed by atoms with Crippen molar-refractivity contribution >= 4 is 0 Å². The maximum atomic E-state index is 11.2. The van der Waals surface area contributed by atoms with Crippen molar-refractivity contribution in [1.82, 2.24) is 4.90 Å². The molecule has 6 heteroatoms. The van der Waals surface area contributed by atoms with E-state index < -0.39 is 0 Å². The fourth-order valence-corrected chi connectivity index (χ4v) is 4.73. The van der Waals surface area contributed by atoms with E-state index in [2.05, 4.69) is 18.0 Å². The molecule has 2 aliphatic rings. The van der Waals surface area contributed by atoms with Gasteiger partial charge >= 0.3 is 0 Å². The minimum atomic E-state index is 0.0829. The highest BCUT2D eigenvalue weighted by Gasteiger charge is 2.37. The van der Waals surface area contributed by atoms with E-state index in [0.717, 1.165) is 42.5 Å². The van der Waals surface area contributed by atoms with E-state index in [1.807, 2.05) is 6.07 Å². The number of hydrogen-bond donors (Lipinski definition) is 1. The van der Waals surface area contributed by atoms with E-state index in [1.165, 1.54) is 18.2 Å². The van der Waals surface area contributed by atoms with Crippen LogP contribution in [0.25, 0.3) is 11.1 Å². The van der Waals surface area contributed by atoms with Gasteiger partial charge in [-0.05, 0) is 55.1 Å². The van der Waals surface area contributed by atoms with Crippen LogP contribution >= 0.6 is 0 Å². The second-order valence-corrected chi connectivity index (χ2v) is 7.34. The van der Waals surface area contributed by atoms with E-state index in [4.69, 9.17) is 18.9 Å². The van der Waals surface area contributed by atoms with E-state index in [9.17, 15) is 5.11 Å². The van der Waals surface area contributed by atoms with E-state index >= 15 is 0 Å². The second kappa shape index (κ2) is 7.09. The molecule has 1 N–H and O–H groups in total. The molecule has 6 nitrogen and oxygen atoms in total. The van der Waals surface area contributed by atoms with Crippen molar-refractivity contribution in [3.8, 4) is 39.9 Å². The molecule has 0 spiro atoms. The topological polar surface area (TPSA) is 60.4 Å².